The molecule has 0 bridgehead atoms. The zero-order valence-electron chi connectivity index (χ0n) is 9.12. The van der Waals surface area contributed by atoms with Gasteiger partial charge in [0.25, 0.3) is 0 Å². The number of methoxy groups -OCH3 is 1. The maximum atomic E-state index is 11.0. The summed E-state index contributed by atoms with van der Waals surface area (Å²) in [4.78, 5) is 22.0. The van der Waals surface area contributed by atoms with Gasteiger partial charge in [-0.15, -0.1) is 0 Å². The monoisotopic (exact) mass is 229 g/mol. The van der Waals surface area contributed by atoms with Crippen LogP contribution in [0.4, 0.5) is 0 Å². The van der Waals surface area contributed by atoms with Crippen molar-refractivity contribution in [1.29, 1.82) is 5.26 Å². The summed E-state index contributed by atoms with van der Waals surface area (Å²) >= 11 is 0. The molecule has 2 amide bonds. The molecule has 0 spiro atoms. The highest BCUT2D eigenvalue weighted by Gasteiger charge is 2.10. The van der Waals surface area contributed by atoms with E-state index in [0.717, 1.165) is 0 Å². The molecule has 0 aliphatic heterocycles. The van der Waals surface area contributed by atoms with E-state index in [9.17, 15) is 9.59 Å². The largest absolute Gasteiger partial charge is 0.382 e. The second kappa shape index (κ2) is 9.89. The minimum Gasteiger partial charge on any atom is -0.382 e. The molecular weight excluding hydrogens is 214 g/mol. The standard InChI is InChI=1S/C9H15N3O4/c1-15-6-7-16-5-4-12-9(14)8(13)11-3-2-10/h3-7H2,1H3,(H,11,13)(H,12,14). The van der Waals surface area contributed by atoms with Gasteiger partial charge < -0.3 is 20.1 Å². The molecule has 0 aromatic rings. The first-order chi connectivity index (χ1) is 7.72. The molecule has 90 valence electrons. The number of nitrogens with one attached hydrogen (secondary N) is 2. The van der Waals surface area contributed by atoms with Crippen LogP contribution in [0.2, 0.25) is 0 Å². The molecule has 16 heavy (non-hydrogen) atoms. The minimum atomic E-state index is -0.821. The van der Waals surface area contributed by atoms with E-state index >= 15 is 0 Å². The Morgan fingerprint density at radius 2 is 1.88 bits per heavy atom. The lowest BCUT2D eigenvalue weighted by Crippen LogP contribution is -2.41. The maximum absolute atomic E-state index is 11.0. The lowest BCUT2D eigenvalue weighted by molar-refractivity contribution is -0.139. The van der Waals surface area contributed by atoms with E-state index < -0.39 is 11.8 Å². The molecule has 0 unspecified atom stereocenters. The molecule has 2 N–H and O–H groups in total. The Morgan fingerprint density at radius 1 is 1.19 bits per heavy atom. The van der Waals surface area contributed by atoms with Crippen molar-refractivity contribution in [2.24, 2.45) is 0 Å². The highest BCUT2D eigenvalue weighted by atomic mass is 16.5. The summed E-state index contributed by atoms with van der Waals surface area (Å²) in [6.07, 6.45) is 0. The first-order valence-electron chi connectivity index (χ1n) is 4.72. The SMILES string of the molecule is COCCOCCNC(=O)C(=O)NCC#N. The molecule has 0 rings (SSSR count). The predicted octanol–water partition coefficient (Wildman–Crippen LogP) is -1.59. The summed E-state index contributed by atoms with van der Waals surface area (Å²) in [5.74, 6) is -1.59. The van der Waals surface area contributed by atoms with E-state index in [-0.39, 0.29) is 13.1 Å². The summed E-state index contributed by atoms with van der Waals surface area (Å²) in [7, 11) is 1.56. The third kappa shape index (κ3) is 7.73. The number of amides is 2. The quantitative estimate of drug-likeness (QED) is 0.311. The summed E-state index contributed by atoms with van der Waals surface area (Å²) in [5, 5.41) is 12.6. The fourth-order valence-electron chi connectivity index (χ4n) is 0.761. The minimum absolute atomic E-state index is 0.184. The van der Waals surface area contributed by atoms with Gasteiger partial charge in [0.05, 0.1) is 25.9 Å². The Labute approximate surface area is 93.7 Å². The highest BCUT2D eigenvalue weighted by molar-refractivity contribution is 6.35. The predicted molar refractivity (Wildman–Crippen MR) is 54.3 cm³/mol. The molecule has 0 radical (unpaired) electrons. The van der Waals surface area contributed by atoms with Gasteiger partial charge >= 0.3 is 11.8 Å². The summed E-state index contributed by atoms with van der Waals surface area (Å²) in [5.41, 5.74) is 0. The lowest BCUT2D eigenvalue weighted by Gasteiger charge is -2.05. The van der Waals surface area contributed by atoms with Gasteiger partial charge in [-0.2, -0.15) is 5.26 Å². The Morgan fingerprint density at radius 3 is 2.50 bits per heavy atom. The molecule has 0 saturated heterocycles. The van der Waals surface area contributed by atoms with Crippen LogP contribution in [-0.4, -0.2) is 51.8 Å². The van der Waals surface area contributed by atoms with Crippen LogP contribution in [0.3, 0.4) is 0 Å². The first-order valence-corrected chi connectivity index (χ1v) is 4.72. The normalized spacial score (nSPS) is 9.25. The second-order valence-electron chi connectivity index (χ2n) is 2.70. The number of hydrogen-bond acceptors (Lipinski definition) is 5. The maximum Gasteiger partial charge on any atom is 0.310 e. The fraction of sp³-hybridized carbons (Fsp3) is 0.667. The van der Waals surface area contributed by atoms with Crippen molar-refractivity contribution in [3.05, 3.63) is 0 Å². The van der Waals surface area contributed by atoms with Gasteiger partial charge in [-0.25, -0.2) is 0 Å². The third-order valence-corrected chi connectivity index (χ3v) is 1.50. The van der Waals surface area contributed by atoms with Crippen LogP contribution in [0, 0.1) is 11.3 Å². The molecule has 0 heterocycles. The van der Waals surface area contributed by atoms with Gasteiger partial charge in [0.2, 0.25) is 0 Å². The number of carbonyl (C=O) groups excluding carboxylic acids is 2. The van der Waals surface area contributed by atoms with E-state index in [2.05, 4.69) is 10.6 Å². The summed E-state index contributed by atoms with van der Waals surface area (Å²) in [6, 6.07) is 1.69. The lowest BCUT2D eigenvalue weighted by atomic mass is 10.5. The van der Waals surface area contributed by atoms with E-state index in [1.54, 1.807) is 13.2 Å². The summed E-state index contributed by atoms with van der Waals surface area (Å²) in [6.45, 7) is 1.28. The van der Waals surface area contributed by atoms with Crippen molar-refractivity contribution in [3.8, 4) is 6.07 Å². The van der Waals surface area contributed by atoms with Crippen molar-refractivity contribution >= 4 is 11.8 Å². The Hall–Kier alpha value is -1.65. The van der Waals surface area contributed by atoms with Gasteiger partial charge in [-0.1, -0.05) is 0 Å². The Balaban J connectivity index is 3.43. The van der Waals surface area contributed by atoms with Crippen LogP contribution >= 0.6 is 0 Å². The molecule has 7 nitrogen and oxygen atoms in total. The number of hydrogen-bond donors (Lipinski definition) is 2. The van der Waals surface area contributed by atoms with Gasteiger partial charge in [0, 0.05) is 13.7 Å². The zero-order chi connectivity index (χ0) is 12.2. The molecule has 0 fully saturated rings. The van der Waals surface area contributed by atoms with E-state index in [1.165, 1.54) is 0 Å². The molecule has 7 heteroatoms. The van der Waals surface area contributed by atoms with Gasteiger partial charge in [-0.3, -0.25) is 9.59 Å². The number of ether oxygens (including phenoxy) is 2. The van der Waals surface area contributed by atoms with E-state index in [4.69, 9.17) is 14.7 Å². The van der Waals surface area contributed by atoms with E-state index in [1.807, 2.05) is 0 Å². The molecule has 0 atom stereocenters. The molecule has 0 saturated carbocycles. The number of carbonyl (C=O) groups is 2. The number of nitrogens with zero attached hydrogens (tertiary/aromatic N) is 1. The number of nitriles is 1. The van der Waals surface area contributed by atoms with Crippen molar-refractivity contribution in [3.63, 3.8) is 0 Å². The van der Waals surface area contributed by atoms with Crippen LogP contribution < -0.4 is 10.6 Å². The summed E-state index contributed by atoms with van der Waals surface area (Å²) < 4.78 is 9.81. The fourth-order valence-corrected chi connectivity index (χ4v) is 0.761. The van der Waals surface area contributed by atoms with Gasteiger partial charge in [0.15, 0.2) is 0 Å². The van der Waals surface area contributed by atoms with Crippen molar-refractivity contribution in [2.75, 3.05) is 40.0 Å². The molecule has 0 aromatic heterocycles. The molecule has 0 aliphatic rings. The Kier molecular flexibility index (Phi) is 8.87. The van der Waals surface area contributed by atoms with Crippen LogP contribution in [-0.2, 0) is 19.1 Å². The van der Waals surface area contributed by atoms with Crippen LogP contribution in [0.25, 0.3) is 0 Å². The second-order valence-corrected chi connectivity index (χ2v) is 2.70. The molecular formula is C9H15N3O4. The molecule has 0 aliphatic carbocycles. The Bertz CT molecular complexity index is 262. The van der Waals surface area contributed by atoms with Crippen molar-refractivity contribution in [2.45, 2.75) is 0 Å². The van der Waals surface area contributed by atoms with E-state index in [0.29, 0.717) is 19.8 Å². The van der Waals surface area contributed by atoms with Crippen molar-refractivity contribution in [1.82, 2.24) is 10.6 Å². The highest BCUT2D eigenvalue weighted by Crippen LogP contribution is 1.75. The average Bonchev–Trinajstić information content (AvgIpc) is 2.30. The third-order valence-electron chi connectivity index (χ3n) is 1.50. The van der Waals surface area contributed by atoms with Crippen LogP contribution in [0.15, 0.2) is 0 Å². The smallest absolute Gasteiger partial charge is 0.310 e. The first kappa shape index (κ1) is 14.3. The average molecular weight is 229 g/mol. The van der Waals surface area contributed by atoms with Crippen molar-refractivity contribution < 1.29 is 19.1 Å². The number of rotatable bonds is 7. The molecule has 0 aromatic carbocycles. The van der Waals surface area contributed by atoms with Crippen LogP contribution in [0.1, 0.15) is 0 Å². The zero-order valence-corrected chi connectivity index (χ0v) is 9.12. The van der Waals surface area contributed by atoms with Crippen LogP contribution in [0.5, 0.6) is 0 Å². The van der Waals surface area contributed by atoms with Gasteiger partial charge in [-0.05, 0) is 0 Å². The topological polar surface area (TPSA) is 100 Å². The van der Waals surface area contributed by atoms with Gasteiger partial charge in [0.1, 0.15) is 6.54 Å².